The van der Waals surface area contributed by atoms with Gasteiger partial charge in [0.25, 0.3) is 0 Å². The molecule has 0 unspecified atom stereocenters. The summed E-state index contributed by atoms with van der Waals surface area (Å²) in [4.78, 5) is 12.6. The van der Waals surface area contributed by atoms with E-state index >= 15 is 0 Å². The number of hydrogen-bond donors (Lipinski definition) is 2. The lowest BCUT2D eigenvalue weighted by atomic mass is 9.88. The zero-order valence-corrected chi connectivity index (χ0v) is 9.94. The standard InChI is InChI=1S/C9H18N2O2.ClH/c1-8(2,3)11(7(12)13)9(4)5-10-6-9;/h10H,5-6H2,1-4H3,(H,12,13);1H. The first-order valence-electron chi connectivity index (χ1n) is 4.51. The first-order valence-corrected chi connectivity index (χ1v) is 4.51. The molecule has 1 rings (SSSR count). The molecule has 1 amide bonds. The van der Waals surface area contributed by atoms with E-state index in [-0.39, 0.29) is 23.5 Å². The van der Waals surface area contributed by atoms with Crippen molar-refractivity contribution in [1.29, 1.82) is 0 Å². The van der Waals surface area contributed by atoms with Gasteiger partial charge in [0.2, 0.25) is 0 Å². The Balaban J connectivity index is 0.00000169. The van der Waals surface area contributed by atoms with Gasteiger partial charge in [0.1, 0.15) is 0 Å². The Morgan fingerprint density at radius 3 is 1.93 bits per heavy atom. The van der Waals surface area contributed by atoms with Crippen molar-refractivity contribution in [2.75, 3.05) is 13.1 Å². The summed E-state index contributed by atoms with van der Waals surface area (Å²) < 4.78 is 0. The molecule has 1 heterocycles. The predicted octanol–water partition coefficient (Wildman–Crippen LogP) is 1.55. The molecule has 0 aliphatic carbocycles. The minimum atomic E-state index is -0.837. The van der Waals surface area contributed by atoms with Gasteiger partial charge >= 0.3 is 6.09 Å². The highest BCUT2D eigenvalue weighted by atomic mass is 35.5. The van der Waals surface area contributed by atoms with Crippen LogP contribution in [0.1, 0.15) is 27.7 Å². The first-order chi connectivity index (χ1) is 5.77. The van der Waals surface area contributed by atoms with Crippen molar-refractivity contribution in [3.05, 3.63) is 0 Å². The van der Waals surface area contributed by atoms with Crippen LogP contribution in [0.25, 0.3) is 0 Å². The van der Waals surface area contributed by atoms with Crippen LogP contribution in [0, 0.1) is 0 Å². The van der Waals surface area contributed by atoms with Crippen LogP contribution in [0.3, 0.4) is 0 Å². The fourth-order valence-electron chi connectivity index (χ4n) is 1.97. The summed E-state index contributed by atoms with van der Waals surface area (Å²) >= 11 is 0. The van der Waals surface area contributed by atoms with Crippen molar-refractivity contribution in [3.63, 3.8) is 0 Å². The Labute approximate surface area is 91.1 Å². The van der Waals surface area contributed by atoms with Crippen LogP contribution < -0.4 is 5.32 Å². The zero-order valence-electron chi connectivity index (χ0n) is 9.13. The predicted molar refractivity (Wildman–Crippen MR) is 58.1 cm³/mol. The maximum atomic E-state index is 11.1. The number of carbonyl (C=O) groups is 1. The Morgan fingerprint density at radius 1 is 1.43 bits per heavy atom. The van der Waals surface area contributed by atoms with Crippen LogP contribution in [0.5, 0.6) is 0 Å². The van der Waals surface area contributed by atoms with Gasteiger partial charge in [-0.3, -0.25) is 4.90 Å². The average molecular weight is 223 g/mol. The van der Waals surface area contributed by atoms with E-state index in [1.807, 2.05) is 27.7 Å². The van der Waals surface area contributed by atoms with Gasteiger partial charge in [0.15, 0.2) is 0 Å². The van der Waals surface area contributed by atoms with Gasteiger partial charge in [-0.05, 0) is 27.7 Å². The van der Waals surface area contributed by atoms with E-state index in [0.717, 1.165) is 13.1 Å². The molecule has 0 saturated carbocycles. The number of amides is 1. The Hall–Kier alpha value is -0.480. The fourth-order valence-corrected chi connectivity index (χ4v) is 1.97. The summed E-state index contributed by atoms with van der Waals surface area (Å²) in [6.45, 7) is 9.23. The van der Waals surface area contributed by atoms with Gasteiger partial charge in [-0.1, -0.05) is 0 Å². The normalized spacial score (nSPS) is 19.1. The minimum absolute atomic E-state index is 0. The van der Waals surface area contributed by atoms with Crippen molar-refractivity contribution in [2.45, 2.75) is 38.8 Å². The highest BCUT2D eigenvalue weighted by Crippen LogP contribution is 2.28. The van der Waals surface area contributed by atoms with Crippen LogP contribution in [-0.4, -0.2) is 40.3 Å². The van der Waals surface area contributed by atoms with Crippen molar-refractivity contribution >= 4 is 18.5 Å². The third-order valence-electron chi connectivity index (χ3n) is 2.41. The highest BCUT2D eigenvalue weighted by molar-refractivity contribution is 5.85. The molecule has 5 heteroatoms. The Morgan fingerprint density at radius 2 is 1.86 bits per heavy atom. The molecule has 4 nitrogen and oxygen atoms in total. The van der Waals surface area contributed by atoms with Crippen LogP contribution >= 0.6 is 12.4 Å². The topological polar surface area (TPSA) is 52.6 Å². The molecule has 0 aromatic rings. The van der Waals surface area contributed by atoms with E-state index in [1.165, 1.54) is 4.90 Å². The number of nitrogens with one attached hydrogen (secondary N) is 1. The maximum absolute atomic E-state index is 11.1. The SMILES string of the molecule is CC(C)(C)N(C(=O)O)C1(C)CNC1.Cl. The van der Waals surface area contributed by atoms with Crippen molar-refractivity contribution in [3.8, 4) is 0 Å². The van der Waals surface area contributed by atoms with E-state index < -0.39 is 6.09 Å². The molecule has 1 saturated heterocycles. The molecule has 1 aliphatic rings. The summed E-state index contributed by atoms with van der Waals surface area (Å²) in [6.07, 6.45) is -0.837. The average Bonchev–Trinajstić information content (AvgIpc) is 1.79. The highest BCUT2D eigenvalue weighted by Gasteiger charge is 2.45. The van der Waals surface area contributed by atoms with E-state index in [4.69, 9.17) is 5.11 Å². The summed E-state index contributed by atoms with van der Waals surface area (Å²) in [5, 5.41) is 12.2. The van der Waals surface area contributed by atoms with Crippen LogP contribution in [0.2, 0.25) is 0 Å². The summed E-state index contributed by atoms with van der Waals surface area (Å²) in [5.74, 6) is 0. The molecular weight excluding hydrogens is 204 g/mol. The number of rotatable bonds is 1. The summed E-state index contributed by atoms with van der Waals surface area (Å²) in [7, 11) is 0. The number of carboxylic acid groups (broad SMARTS) is 1. The van der Waals surface area contributed by atoms with E-state index in [1.54, 1.807) is 0 Å². The molecule has 84 valence electrons. The van der Waals surface area contributed by atoms with Gasteiger partial charge in [-0.2, -0.15) is 0 Å². The summed E-state index contributed by atoms with van der Waals surface area (Å²) in [5.41, 5.74) is -0.563. The molecule has 0 spiro atoms. The summed E-state index contributed by atoms with van der Waals surface area (Å²) in [6, 6.07) is 0. The van der Waals surface area contributed by atoms with Crippen LogP contribution in [0.15, 0.2) is 0 Å². The smallest absolute Gasteiger partial charge is 0.408 e. The van der Waals surface area contributed by atoms with Crippen molar-refractivity contribution in [2.24, 2.45) is 0 Å². The molecule has 0 radical (unpaired) electrons. The van der Waals surface area contributed by atoms with E-state index in [2.05, 4.69) is 5.32 Å². The second-order valence-corrected chi connectivity index (χ2v) is 4.89. The van der Waals surface area contributed by atoms with Crippen LogP contribution in [-0.2, 0) is 0 Å². The lowest BCUT2D eigenvalue weighted by Gasteiger charge is -2.52. The molecule has 2 N–H and O–H groups in total. The third-order valence-corrected chi connectivity index (χ3v) is 2.41. The van der Waals surface area contributed by atoms with Gasteiger partial charge in [0.05, 0.1) is 5.54 Å². The van der Waals surface area contributed by atoms with E-state index in [9.17, 15) is 4.79 Å². The van der Waals surface area contributed by atoms with Gasteiger partial charge < -0.3 is 10.4 Å². The third kappa shape index (κ3) is 2.30. The van der Waals surface area contributed by atoms with E-state index in [0.29, 0.717) is 0 Å². The molecule has 1 fully saturated rings. The van der Waals surface area contributed by atoms with Gasteiger partial charge in [0, 0.05) is 18.6 Å². The Kier molecular flexibility index (Phi) is 3.81. The van der Waals surface area contributed by atoms with Crippen molar-refractivity contribution in [1.82, 2.24) is 10.2 Å². The maximum Gasteiger partial charge on any atom is 0.408 e. The molecular formula is C9H19ClN2O2. The molecule has 0 bridgehead atoms. The van der Waals surface area contributed by atoms with Gasteiger partial charge in [-0.15, -0.1) is 12.4 Å². The largest absolute Gasteiger partial charge is 0.465 e. The number of halogens is 1. The van der Waals surface area contributed by atoms with Gasteiger partial charge in [-0.25, -0.2) is 4.79 Å². The Bertz CT molecular complexity index is 221. The minimum Gasteiger partial charge on any atom is -0.465 e. The lowest BCUT2D eigenvalue weighted by Crippen LogP contribution is -2.72. The molecule has 1 aliphatic heterocycles. The molecule has 0 aromatic heterocycles. The lowest BCUT2D eigenvalue weighted by molar-refractivity contribution is -0.00276. The van der Waals surface area contributed by atoms with Crippen LogP contribution in [0.4, 0.5) is 4.79 Å². The quantitative estimate of drug-likeness (QED) is 0.708. The second kappa shape index (κ2) is 3.95. The molecule has 0 aromatic carbocycles. The first kappa shape index (κ1) is 13.5. The number of hydrogen-bond acceptors (Lipinski definition) is 2. The zero-order chi connectivity index (χ0) is 10.3. The molecule has 14 heavy (non-hydrogen) atoms. The van der Waals surface area contributed by atoms with Crippen molar-refractivity contribution < 1.29 is 9.90 Å². The monoisotopic (exact) mass is 222 g/mol. The fraction of sp³-hybridized carbons (Fsp3) is 0.889. The number of nitrogens with zero attached hydrogens (tertiary/aromatic N) is 1. The second-order valence-electron chi connectivity index (χ2n) is 4.89. The molecule has 0 atom stereocenters.